The summed E-state index contributed by atoms with van der Waals surface area (Å²) in [6.45, 7) is 2.64. The highest BCUT2D eigenvalue weighted by molar-refractivity contribution is 7.17. The van der Waals surface area contributed by atoms with E-state index in [1.165, 1.54) is 7.11 Å². The molecule has 2 aromatic heterocycles. The van der Waals surface area contributed by atoms with Gasteiger partial charge in [0.25, 0.3) is 0 Å². The van der Waals surface area contributed by atoms with Gasteiger partial charge in [0, 0.05) is 18.7 Å². The van der Waals surface area contributed by atoms with Crippen molar-refractivity contribution in [1.82, 2.24) is 4.57 Å². The van der Waals surface area contributed by atoms with E-state index in [2.05, 4.69) is 0 Å². The van der Waals surface area contributed by atoms with E-state index in [-0.39, 0.29) is 36.0 Å². The predicted octanol–water partition coefficient (Wildman–Crippen LogP) is 5.31. The van der Waals surface area contributed by atoms with E-state index < -0.39 is 0 Å². The second kappa shape index (κ2) is 10.3. The Labute approximate surface area is 198 Å². The second-order valence-corrected chi connectivity index (χ2v) is 9.58. The molecule has 1 aromatic carbocycles. The normalized spacial score (nSPS) is 18.2. The van der Waals surface area contributed by atoms with E-state index in [9.17, 15) is 14.4 Å². The van der Waals surface area contributed by atoms with Crippen LogP contribution in [-0.4, -0.2) is 35.9 Å². The summed E-state index contributed by atoms with van der Waals surface area (Å²) in [5.41, 5.74) is 2.38. The molecule has 1 saturated carbocycles. The number of aromatic nitrogens is 1. The molecule has 0 aliphatic heterocycles. The van der Waals surface area contributed by atoms with Crippen molar-refractivity contribution in [2.45, 2.75) is 45.6 Å². The van der Waals surface area contributed by atoms with Crippen molar-refractivity contribution in [3.05, 3.63) is 53.5 Å². The van der Waals surface area contributed by atoms with Crippen molar-refractivity contribution in [2.24, 2.45) is 11.8 Å². The lowest BCUT2D eigenvalue weighted by molar-refractivity contribution is -0.146. The first-order valence-electron chi connectivity index (χ1n) is 11.5. The number of fused-ring (bicyclic) bond motifs is 1. The molecule has 0 unspecified atom stereocenters. The van der Waals surface area contributed by atoms with Crippen molar-refractivity contribution in [3.63, 3.8) is 0 Å². The summed E-state index contributed by atoms with van der Waals surface area (Å²) in [6.07, 6.45) is 3.66. The molecule has 0 radical (unpaired) electrons. The third-order valence-corrected chi connectivity index (χ3v) is 7.50. The summed E-state index contributed by atoms with van der Waals surface area (Å²) in [5, 5.41) is 1.99. The maximum absolute atomic E-state index is 13.3. The number of methoxy groups -OCH3 is 1. The number of carbonyl (C=O) groups is 3. The average Bonchev–Trinajstić information content (AvgIpc) is 3.43. The zero-order valence-corrected chi connectivity index (χ0v) is 20.0. The molecule has 0 bridgehead atoms. The first kappa shape index (κ1) is 23.2. The molecule has 0 N–H and O–H groups in total. The molecule has 174 valence electrons. The number of anilines is 1. The lowest BCUT2D eigenvalue weighted by Crippen LogP contribution is -2.34. The van der Waals surface area contributed by atoms with Crippen LogP contribution in [0, 0.1) is 11.8 Å². The molecule has 4 rings (SSSR count). The third-order valence-electron chi connectivity index (χ3n) is 6.64. The Hall–Kier alpha value is -2.93. The van der Waals surface area contributed by atoms with Gasteiger partial charge in [-0.2, -0.15) is 0 Å². The standard InChI is InChI=1S/C26H30N2O4S/c1-3-27(20-7-5-4-6-8-20)25(30)17-28-21-13-14-33-24(21)16-22(28)23(29)15-18-9-11-19(12-10-18)26(31)32-2/h4-8,13-14,16,18-19H,3,9-12,15,17H2,1-2H3. The second-order valence-electron chi connectivity index (χ2n) is 8.63. The van der Waals surface area contributed by atoms with Gasteiger partial charge in [0.2, 0.25) is 5.91 Å². The van der Waals surface area contributed by atoms with Crippen LogP contribution in [-0.2, 0) is 20.9 Å². The van der Waals surface area contributed by atoms with Gasteiger partial charge in [-0.15, -0.1) is 11.3 Å². The Kier molecular flexibility index (Phi) is 7.28. The molecule has 1 fully saturated rings. The van der Waals surface area contributed by atoms with Crippen LogP contribution in [0.3, 0.4) is 0 Å². The number of likely N-dealkylation sites (N-methyl/N-ethyl adjacent to an activating group) is 1. The monoisotopic (exact) mass is 466 g/mol. The molecule has 3 aromatic rings. The Bertz CT molecular complexity index is 1130. The number of hydrogen-bond donors (Lipinski definition) is 0. The van der Waals surface area contributed by atoms with Gasteiger partial charge in [-0.3, -0.25) is 14.4 Å². The highest BCUT2D eigenvalue weighted by Crippen LogP contribution is 2.33. The summed E-state index contributed by atoms with van der Waals surface area (Å²) >= 11 is 1.58. The summed E-state index contributed by atoms with van der Waals surface area (Å²) < 4.78 is 7.76. The van der Waals surface area contributed by atoms with Gasteiger partial charge >= 0.3 is 5.97 Å². The first-order valence-corrected chi connectivity index (χ1v) is 12.4. The van der Waals surface area contributed by atoms with Crippen LogP contribution in [0.15, 0.2) is 47.8 Å². The maximum atomic E-state index is 13.3. The number of ketones is 1. The van der Waals surface area contributed by atoms with E-state index >= 15 is 0 Å². The summed E-state index contributed by atoms with van der Waals surface area (Å²) in [5.74, 6) is 0.0833. The van der Waals surface area contributed by atoms with Crippen LogP contribution in [0.2, 0.25) is 0 Å². The van der Waals surface area contributed by atoms with Crippen LogP contribution >= 0.6 is 11.3 Å². The fourth-order valence-electron chi connectivity index (χ4n) is 4.85. The zero-order valence-electron chi connectivity index (χ0n) is 19.2. The van der Waals surface area contributed by atoms with E-state index in [1.807, 2.05) is 59.3 Å². The van der Waals surface area contributed by atoms with Gasteiger partial charge in [0.15, 0.2) is 5.78 Å². The zero-order chi connectivity index (χ0) is 23.4. The summed E-state index contributed by atoms with van der Waals surface area (Å²) in [4.78, 5) is 40.1. The molecule has 1 aliphatic carbocycles. The van der Waals surface area contributed by atoms with Gasteiger partial charge in [0.05, 0.1) is 28.9 Å². The number of carbonyl (C=O) groups excluding carboxylic acids is 3. The summed E-state index contributed by atoms with van der Waals surface area (Å²) in [6, 6.07) is 13.5. The van der Waals surface area contributed by atoms with Crippen molar-refractivity contribution >= 4 is 44.9 Å². The van der Waals surface area contributed by atoms with E-state index in [1.54, 1.807) is 16.2 Å². The molecule has 2 heterocycles. The lowest BCUT2D eigenvalue weighted by atomic mass is 9.79. The molecule has 1 amide bonds. The smallest absolute Gasteiger partial charge is 0.308 e. The average molecular weight is 467 g/mol. The minimum Gasteiger partial charge on any atom is -0.469 e. The Morgan fingerprint density at radius 2 is 1.82 bits per heavy atom. The first-order chi connectivity index (χ1) is 16.0. The molecule has 7 heteroatoms. The highest BCUT2D eigenvalue weighted by Gasteiger charge is 2.29. The minimum absolute atomic E-state index is 0.0416. The fourth-order valence-corrected chi connectivity index (χ4v) is 5.67. The topological polar surface area (TPSA) is 68.6 Å². The number of esters is 1. The third kappa shape index (κ3) is 5.03. The number of benzene rings is 1. The van der Waals surface area contributed by atoms with Gasteiger partial charge in [-0.05, 0) is 68.2 Å². The number of amides is 1. The number of nitrogens with zero attached hydrogens (tertiary/aromatic N) is 2. The number of ether oxygens (including phenoxy) is 1. The van der Waals surface area contributed by atoms with Crippen molar-refractivity contribution in [3.8, 4) is 0 Å². The van der Waals surface area contributed by atoms with E-state index in [0.717, 1.165) is 41.6 Å². The SMILES string of the molecule is CCN(C(=O)Cn1c(C(=O)CC2CCC(C(=O)OC)CC2)cc2sccc21)c1ccccc1. The van der Waals surface area contributed by atoms with E-state index in [4.69, 9.17) is 4.74 Å². The molecular formula is C26H30N2O4S. The quantitative estimate of drug-likeness (QED) is 0.333. The molecule has 0 saturated heterocycles. The van der Waals surface area contributed by atoms with Crippen molar-refractivity contribution < 1.29 is 19.1 Å². The van der Waals surface area contributed by atoms with Crippen LogP contribution < -0.4 is 4.90 Å². The van der Waals surface area contributed by atoms with Crippen LogP contribution in [0.25, 0.3) is 10.2 Å². The number of thiophene rings is 1. The van der Waals surface area contributed by atoms with Crippen LogP contribution in [0.5, 0.6) is 0 Å². The highest BCUT2D eigenvalue weighted by atomic mass is 32.1. The number of rotatable bonds is 8. The van der Waals surface area contributed by atoms with Crippen molar-refractivity contribution in [1.29, 1.82) is 0 Å². The number of para-hydroxylation sites is 1. The van der Waals surface area contributed by atoms with Gasteiger partial charge in [-0.25, -0.2) is 0 Å². The maximum Gasteiger partial charge on any atom is 0.308 e. The molecule has 0 spiro atoms. The fraction of sp³-hybridized carbons (Fsp3) is 0.423. The molecule has 6 nitrogen and oxygen atoms in total. The van der Waals surface area contributed by atoms with Gasteiger partial charge in [0.1, 0.15) is 6.54 Å². The van der Waals surface area contributed by atoms with Crippen molar-refractivity contribution in [2.75, 3.05) is 18.6 Å². The molecule has 33 heavy (non-hydrogen) atoms. The minimum atomic E-state index is -0.147. The Morgan fingerprint density at radius 1 is 1.09 bits per heavy atom. The molecule has 0 atom stereocenters. The van der Waals surface area contributed by atoms with Crippen LogP contribution in [0.1, 0.15) is 49.5 Å². The number of hydrogen-bond acceptors (Lipinski definition) is 5. The number of Topliss-reactive ketones (excluding diaryl/α,β-unsaturated/α-hetero) is 1. The van der Waals surface area contributed by atoms with Gasteiger partial charge in [-0.1, -0.05) is 18.2 Å². The predicted molar refractivity (Wildman–Crippen MR) is 131 cm³/mol. The largest absolute Gasteiger partial charge is 0.469 e. The Morgan fingerprint density at radius 3 is 2.48 bits per heavy atom. The summed E-state index contributed by atoms with van der Waals surface area (Å²) in [7, 11) is 1.43. The Balaban J connectivity index is 1.50. The molecule has 1 aliphatic rings. The van der Waals surface area contributed by atoms with E-state index in [0.29, 0.717) is 18.7 Å². The molecular weight excluding hydrogens is 436 g/mol. The van der Waals surface area contributed by atoms with Crippen LogP contribution in [0.4, 0.5) is 5.69 Å². The van der Waals surface area contributed by atoms with Gasteiger partial charge < -0.3 is 14.2 Å². The lowest BCUT2D eigenvalue weighted by Gasteiger charge is -2.26.